The summed E-state index contributed by atoms with van der Waals surface area (Å²) in [5, 5.41) is 9.13. The van der Waals surface area contributed by atoms with Crippen molar-refractivity contribution >= 4 is 33.3 Å². The number of anilines is 1. The van der Waals surface area contributed by atoms with Gasteiger partial charge in [0.2, 0.25) is 0 Å². The first-order valence-corrected chi connectivity index (χ1v) is 14.8. The first-order valence-electron chi connectivity index (χ1n) is 13.9. The van der Waals surface area contributed by atoms with Gasteiger partial charge in [-0.25, -0.2) is 9.78 Å². The molecule has 3 heterocycles. The second-order valence-corrected chi connectivity index (χ2v) is 11.6. The number of hydrogen-bond donors (Lipinski definition) is 3. The number of H-pyrrole nitrogens is 1. The second kappa shape index (κ2) is 13.9. The zero-order valence-electron chi connectivity index (χ0n) is 23.5. The highest BCUT2D eigenvalue weighted by Gasteiger charge is 2.38. The van der Waals surface area contributed by atoms with E-state index in [2.05, 4.69) is 49.9 Å². The number of ether oxygens (including phenoxy) is 1. The molecule has 226 valence electrons. The van der Waals surface area contributed by atoms with Crippen LogP contribution in [-0.4, -0.2) is 101 Å². The Hall–Kier alpha value is -2.87. The molecule has 5 rings (SSSR count). The predicted molar refractivity (Wildman–Crippen MR) is 154 cm³/mol. The van der Waals surface area contributed by atoms with E-state index < -0.39 is 12.1 Å². The second-order valence-electron chi connectivity index (χ2n) is 10.5. The van der Waals surface area contributed by atoms with Gasteiger partial charge in [-0.1, -0.05) is 6.92 Å². The third kappa shape index (κ3) is 8.34. The topological polar surface area (TPSA) is 111 Å². The summed E-state index contributed by atoms with van der Waals surface area (Å²) in [5.74, 6) is -1.84. The minimum absolute atomic E-state index is 0.632. The number of alkyl halides is 3. The Balaban J connectivity index is 0.000000493. The Kier molecular flexibility index (Phi) is 10.5. The van der Waals surface area contributed by atoms with Gasteiger partial charge in [0.05, 0.1) is 12.8 Å². The van der Waals surface area contributed by atoms with Gasteiger partial charge in [-0.05, 0) is 56.0 Å². The quantitative estimate of drug-likeness (QED) is 0.337. The maximum absolute atomic E-state index is 10.6. The number of aliphatic carboxylic acids is 1. The summed E-state index contributed by atoms with van der Waals surface area (Å²) in [4.78, 5) is 26.2. The first kappa shape index (κ1) is 31.1. The molecule has 1 aliphatic carbocycles. The van der Waals surface area contributed by atoms with E-state index in [1.807, 2.05) is 6.07 Å². The molecular weight excluding hydrogens is 557 g/mol. The molecule has 0 amide bonds. The van der Waals surface area contributed by atoms with Crippen molar-refractivity contribution in [2.45, 2.75) is 51.4 Å². The maximum atomic E-state index is 10.6. The van der Waals surface area contributed by atoms with E-state index in [4.69, 9.17) is 20.4 Å². The standard InChI is InChI=1S/C26H38N6OS.C2HF3O2/c1-3-8-32(20-4-6-24-25(15-20)34-26(27)29-24)14-13-30-9-11-31(12-10-30)18-19-17-28-23-7-5-21(33-2)16-22(19)23;3-2(4,5)1(6)7/h5,7,16-17,20,28H,3-4,6,8-15,18H2,1-2H3,(H2,27,29);(H,6,7). The summed E-state index contributed by atoms with van der Waals surface area (Å²) in [6, 6.07) is 6.90. The average Bonchev–Trinajstić information content (AvgIpc) is 3.52. The molecule has 4 N–H and O–H groups in total. The number of fused-ring (bicyclic) bond motifs is 2. The zero-order valence-corrected chi connectivity index (χ0v) is 24.4. The normalized spacial score (nSPS) is 18.2. The van der Waals surface area contributed by atoms with E-state index in [0.717, 1.165) is 69.5 Å². The van der Waals surface area contributed by atoms with Gasteiger partial charge in [-0.3, -0.25) is 14.7 Å². The van der Waals surface area contributed by atoms with Crippen molar-refractivity contribution < 1.29 is 27.8 Å². The molecular formula is C28H39F3N6O3S. The summed E-state index contributed by atoms with van der Waals surface area (Å²) in [6.45, 7) is 11.3. The molecule has 3 aromatic rings. The molecule has 9 nitrogen and oxygen atoms in total. The number of thiazole rings is 1. The highest BCUT2D eigenvalue weighted by atomic mass is 32.1. The molecule has 1 unspecified atom stereocenters. The lowest BCUT2D eigenvalue weighted by Gasteiger charge is -2.38. The molecule has 1 aliphatic heterocycles. The number of carbonyl (C=O) groups is 1. The van der Waals surface area contributed by atoms with Crippen molar-refractivity contribution in [1.29, 1.82) is 0 Å². The van der Waals surface area contributed by atoms with Crippen LogP contribution < -0.4 is 10.5 Å². The fourth-order valence-corrected chi connectivity index (χ4v) is 6.50. The third-order valence-electron chi connectivity index (χ3n) is 7.74. The fraction of sp³-hybridized carbons (Fsp3) is 0.571. The van der Waals surface area contributed by atoms with Gasteiger partial charge < -0.3 is 20.6 Å². The predicted octanol–water partition coefficient (Wildman–Crippen LogP) is 4.24. The largest absolute Gasteiger partial charge is 0.497 e. The molecule has 2 aromatic heterocycles. The van der Waals surface area contributed by atoms with Crippen molar-refractivity contribution in [3.05, 3.63) is 40.5 Å². The van der Waals surface area contributed by atoms with Crippen molar-refractivity contribution in [1.82, 2.24) is 24.7 Å². The molecule has 1 saturated heterocycles. The number of carboxylic acids is 1. The highest BCUT2D eigenvalue weighted by molar-refractivity contribution is 7.15. The Morgan fingerprint density at radius 3 is 2.61 bits per heavy atom. The van der Waals surface area contributed by atoms with E-state index in [1.165, 1.54) is 46.4 Å². The Morgan fingerprint density at radius 1 is 1.24 bits per heavy atom. The molecule has 0 radical (unpaired) electrons. The Labute approximate surface area is 242 Å². The zero-order chi connectivity index (χ0) is 29.6. The SMILES string of the molecule is CCCN(CCN1CCN(Cc2c[nH]c3ccc(OC)cc23)CC1)C1CCc2nc(N)sc2C1.O=C(O)C(F)(F)F. The summed E-state index contributed by atoms with van der Waals surface area (Å²) >= 11 is 1.69. The number of rotatable bonds is 9. The number of nitrogens with zero attached hydrogens (tertiary/aromatic N) is 4. The molecule has 1 aromatic carbocycles. The molecule has 0 bridgehead atoms. The van der Waals surface area contributed by atoms with Gasteiger partial charge in [0, 0.05) is 73.8 Å². The summed E-state index contributed by atoms with van der Waals surface area (Å²) in [6.07, 6.45) is 1.68. The van der Waals surface area contributed by atoms with E-state index in [0.29, 0.717) is 6.04 Å². The van der Waals surface area contributed by atoms with Crippen LogP contribution in [-0.2, 0) is 24.2 Å². The molecule has 0 spiro atoms. The van der Waals surface area contributed by atoms with Crippen LogP contribution in [0.1, 0.15) is 35.9 Å². The number of nitrogens with one attached hydrogen (secondary N) is 1. The van der Waals surface area contributed by atoms with Crippen molar-refractivity contribution in [2.75, 3.05) is 58.7 Å². The number of methoxy groups -OCH3 is 1. The van der Waals surface area contributed by atoms with Crippen LogP contribution in [0.3, 0.4) is 0 Å². The van der Waals surface area contributed by atoms with Gasteiger partial charge >= 0.3 is 12.1 Å². The minimum atomic E-state index is -5.08. The van der Waals surface area contributed by atoms with Crippen LogP contribution in [0.15, 0.2) is 24.4 Å². The van der Waals surface area contributed by atoms with E-state index in [1.54, 1.807) is 18.4 Å². The molecule has 0 saturated carbocycles. The lowest BCUT2D eigenvalue weighted by molar-refractivity contribution is -0.192. The highest BCUT2D eigenvalue weighted by Crippen LogP contribution is 2.30. The number of piperazine rings is 1. The van der Waals surface area contributed by atoms with Gasteiger partial charge in [-0.2, -0.15) is 13.2 Å². The summed E-state index contributed by atoms with van der Waals surface area (Å²) in [5.41, 5.74) is 9.75. The lowest BCUT2D eigenvalue weighted by atomic mass is 9.96. The van der Waals surface area contributed by atoms with Crippen LogP contribution in [0, 0.1) is 0 Å². The van der Waals surface area contributed by atoms with Crippen LogP contribution >= 0.6 is 11.3 Å². The van der Waals surface area contributed by atoms with Crippen molar-refractivity contribution in [3.63, 3.8) is 0 Å². The number of nitrogens with two attached hydrogens (primary N) is 1. The third-order valence-corrected chi connectivity index (χ3v) is 8.69. The molecule has 13 heteroatoms. The number of hydrogen-bond acceptors (Lipinski definition) is 8. The number of halogens is 3. The maximum Gasteiger partial charge on any atom is 0.490 e. The van der Waals surface area contributed by atoms with Crippen molar-refractivity contribution in [3.8, 4) is 5.75 Å². The van der Waals surface area contributed by atoms with Gasteiger partial charge in [0.1, 0.15) is 5.75 Å². The first-order chi connectivity index (χ1) is 19.6. The number of aromatic nitrogens is 2. The smallest absolute Gasteiger partial charge is 0.490 e. The van der Waals surface area contributed by atoms with Gasteiger partial charge in [-0.15, -0.1) is 11.3 Å². The van der Waals surface area contributed by atoms with E-state index in [9.17, 15) is 13.2 Å². The number of aromatic amines is 1. The molecule has 1 fully saturated rings. The Bertz CT molecular complexity index is 1290. The summed E-state index contributed by atoms with van der Waals surface area (Å²) < 4.78 is 37.2. The van der Waals surface area contributed by atoms with Gasteiger partial charge in [0.25, 0.3) is 0 Å². The number of aryl methyl sites for hydroxylation is 1. The lowest BCUT2D eigenvalue weighted by Crippen LogP contribution is -2.49. The van der Waals surface area contributed by atoms with E-state index in [-0.39, 0.29) is 0 Å². The van der Waals surface area contributed by atoms with E-state index >= 15 is 0 Å². The number of benzene rings is 1. The van der Waals surface area contributed by atoms with Crippen molar-refractivity contribution in [2.24, 2.45) is 0 Å². The fourth-order valence-electron chi connectivity index (χ4n) is 5.55. The van der Waals surface area contributed by atoms with Crippen LogP contribution in [0.2, 0.25) is 0 Å². The minimum Gasteiger partial charge on any atom is -0.497 e. The number of carboxylic acid groups (broad SMARTS) is 1. The Morgan fingerprint density at radius 2 is 1.95 bits per heavy atom. The molecule has 1 atom stereocenters. The summed E-state index contributed by atoms with van der Waals surface area (Å²) in [7, 11) is 1.73. The van der Waals surface area contributed by atoms with Crippen LogP contribution in [0.4, 0.5) is 18.3 Å². The molecule has 41 heavy (non-hydrogen) atoms. The van der Waals surface area contributed by atoms with Gasteiger partial charge in [0.15, 0.2) is 5.13 Å². The number of nitrogen functional groups attached to an aromatic ring is 1. The van der Waals surface area contributed by atoms with Crippen LogP contribution in [0.25, 0.3) is 10.9 Å². The molecule has 2 aliphatic rings. The monoisotopic (exact) mass is 596 g/mol. The van der Waals surface area contributed by atoms with Crippen LogP contribution in [0.5, 0.6) is 5.75 Å². The average molecular weight is 597 g/mol.